The molecule has 82 valence electrons. The molecule has 1 aliphatic rings. The third-order valence-corrected chi connectivity index (χ3v) is 3.38. The van der Waals surface area contributed by atoms with Crippen LogP contribution >= 0.6 is 15.9 Å². The summed E-state index contributed by atoms with van der Waals surface area (Å²) in [5.41, 5.74) is -0.0170. The molecule has 0 atom stereocenters. The smallest absolute Gasteiger partial charge is 0.143 e. The maximum absolute atomic E-state index is 11.1. The number of pyridine rings is 1. The van der Waals surface area contributed by atoms with E-state index in [1.165, 1.54) is 7.11 Å². The summed E-state index contributed by atoms with van der Waals surface area (Å²) in [6.07, 6.45) is 3.67. The second-order valence-corrected chi connectivity index (χ2v) is 4.64. The Balaban J connectivity index is 2.55. The number of hydrogen-bond donors (Lipinski definition) is 0. The highest BCUT2D eigenvalue weighted by Gasteiger charge is 2.48. The number of methoxy groups -OCH3 is 1. The molecule has 0 amide bonds. The van der Waals surface area contributed by atoms with E-state index >= 15 is 0 Å². The van der Waals surface area contributed by atoms with Crippen LogP contribution in [0.1, 0.15) is 18.4 Å². The van der Waals surface area contributed by atoms with Crippen molar-refractivity contribution in [3.63, 3.8) is 0 Å². The van der Waals surface area contributed by atoms with Crippen LogP contribution in [-0.2, 0) is 10.2 Å². The van der Waals surface area contributed by atoms with E-state index in [1.807, 2.05) is 0 Å². The Morgan fingerprint density at radius 2 is 2.25 bits per heavy atom. The molecule has 0 unspecified atom stereocenters. The molecule has 1 aromatic heterocycles. The second kappa shape index (κ2) is 3.87. The Labute approximate surface area is 101 Å². The number of carbonyl (C=O) groups excluding carboxylic acids is 1. The fourth-order valence-corrected chi connectivity index (χ4v) is 2.66. The summed E-state index contributed by atoms with van der Waals surface area (Å²) in [5, 5.41) is 9.25. The summed E-state index contributed by atoms with van der Waals surface area (Å²) < 4.78 is 5.90. The monoisotopic (exact) mass is 280 g/mol. The molecule has 0 aliphatic heterocycles. The van der Waals surface area contributed by atoms with Gasteiger partial charge in [0.05, 0.1) is 19.4 Å². The van der Waals surface area contributed by atoms with E-state index in [4.69, 9.17) is 4.74 Å². The largest absolute Gasteiger partial charge is 0.495 e. The average Bonchev–Trinajstić information content (AvgIpc) is 2.24. The van der Waals surface area contributed by atoms with Crippen molar-refractivity contribution in [3.8, 4) is 11.8 Å². The van der Waals surface area contributed by atoms with Gasteiger partial charge in [-0.2, -0.15) is 5.26 Å². The van der Waals surface area contributed by atoms with Crippen LogP contribution in [0.15, 0.2) is 16.9 Å². The van der Waals surface area contributed by atoms with Crippen LogP contribution in [0, 0.1) is 11.3 Å². The van der Waals surface area contributed by atoms with Crippen molar-refractivity contribution in [1.29, 1.82) is 5.26 Å². The number of rotatable bonds is 2. The molecule has 0 aromatic carbocycles. The molecule has 2 rings (SSSR count). The maximum atomic E-state index is 11.1. The summed E-state index contributed by atoms with van der Waals surface area (Å²) in [6.45, 7) is 0. The normalized spacial score (nSPS) is 17.4. The lowest BCUT2D eigenvalue weighted by Crippen LogP contribution is -2.41. The van der Waals surface area contributed by atoms with Crippen LogP contribution in [0.25, 0.3) is 0 Å². The second-order valence-electron chi connectivity index (χ2n) is 3.78. The van der Waals surface area contributed by atoms with Crippen LogP contribution in [0.5, 0.6) is 5.75 Å². The number of nitriles is 1. The van der Waals surface area contributed by atoms with Gasteiger partial charge in [-0.1, -0.05) is 0 Å². The number of Topliss-reactive ketones (excluding diaryl/α,β-unsaturated/α-hetero) is 1. The van der Waals surface area contributed by atoms with Crippen LogP contribution in [-0.4, -0.2) is 17.9 Å². The molecule has 0 N–H and O–H groups in total. The summed E-state index contributed by atoms with van der Waals surface area (Å²) in [4.78, 5) is 15.1. The average molecular weight is 281 g/mol. The summed E-state index contributed by atoms with van der Waals surface area (Å²) in [7, 11) is 1.53. The van der Waals surface area contributed by atoms with Gasteiger partial charge in [0.2, 0.25) is 0 Å². The lowest BCUT2D eigenvalue weighted by molar-refractivity contribution is -0.126. The third kappa shape index (κ3) is 1.50. The van der Waals surface area contributed by atoms with Gasteiger partial charge in [0.15, 0.2) is 0 Å². The molecule has 1 aliphatic carbocycles. The van der Waals surface area contributed by atoms with Gasteiger partial charge in [0.25, 0.3) is 0 Å². The van der Waals surface area contributed by atoms with Gasteiger partial charge in [-0.05, 0) is 15.9 Å². The van der Waals surface area contributed by atoms with Crippen molar-refractivity contribution in [2.75, 3.05) is 7.11 Å². The van der Waals surface area contributed by atoms with Gasteiger partial charge >= 0.3 is 0 Å². The van der Waals surface area contributed by atoms with E-state index in [0.29, 0.717) is 10.2 Å². The highest BCUT2D eigenvalue weighted by Crippen LogP contribution is 2.47. The van der Waals surface area contributed by atoms with E-state index < -0.39 is 5.41 Å². The molecular formula is C11H9BrN2O2. The van der Waals surface area contributed by atoms with Gasteiger partial charge in [0.1, 0.15) is 16.9 Å². The van der Waals surface area contributed by atoms with Crippen molar-refractivity contribution in [1.82, 2.24) is 4.98 Å². The van der Waals surface area contributed by atoms with Crippen molar-refractivity contribution >= 4 is 21.7 Å². The number of halogens is 1. The molecular weight excluding hydrogens is 272 g/mol. The van der Waals surface area contributed by atoms with E-state index in [-0.39, 0.29) is 18.6 Å². The summed E-state index contributed by atoms with van der Waals surface area (Å²) in [5.74, 6) is 0.649. The van der Waals surface area contributed by atoms with Crippen molar-refractivity contribution in [2.45, 2.75) is 18.3 Å². The first-order valence-electron chi connectivity index (χ1n) is 4.74. The third-order valence-electron chi connectivity index (χ3n) is 2.78. The first-order chi connectivity index (χ1) is 7.63. The Hall–Kier alpha value is -1.41. The summed E-state index contributed by atoms with van der Waals surface area (Å²) >= 11 is 3.35. The molecule has 4 nitrogen and oxygen atoms in total. The molecule has 0 bridgehead atoms. The standard InChI is InChI=1S/C11H9BrN2O2/c1-16-9-5-14-4-8(12)10(9)11(6-13)2-7(15)3-11/h4-5H,2-3H2,1H3. The quantitative estimate of drug-likeness (QED) is 0.831. The molecule has 1 heterocycles. The topological polar surface area (TPSA) is 63.0 Å². The molecule has 1 fully saturated rings. The van der Waals surface area contributed by atoms with E-state index in [1.54, 1.807) is 12.4 Å². The number of ether oxygens (including phenoxy) is 1. The van der Waals surface area contributed by atoms with Gasteiger partial charge < -0.3 is 4.74 Å². The van der Waals surface area contributed by atoms with Crippen LogP contribution in [0.2, 0.25) is 0 Å². The Morgan fingerprint density at radius 1 is 1.56 bits per heavy atom. The molecule has 0 radical (unpaired) electrons. The van der Waals surface area contributed by atoms with Gasteiger partial charge in [-0.25, -0.2) is 0 Å². The first-order valence-corrected chi connectivity index (χ1v) is 5.53. The zero-order valence-electron chi connectivity index (χ0n) is 8.66. The van der Waals surface area contributed by atoms with Crippen molar-refractivity contribution < 1.29 is 9.53 Å². The first kappa shape index (κ1) is 11.1. The SMILES string of the molecule is COc1cncc(Br)c1C1(C#N)CC(=O)C1. The lowest BCUT2D eigenvalue weighted by atomic mass is 9.64. The number of aromatic nitrogens is 1. The zero-order chi connectivity index (χ0) is 11.8. The van der Waals surface area contributed by atoms with Crippen LogP contribution in [0.4, 0.5) is 0 Å². The van der Waals surface area contributed by atoms with E-state index in [2.05, 4.69) is 27.0 Å². The van der Waals surface area contributed by atoms with Crippen LogP contribution in [0.3, 0.4) is 0 Å². The van der Waals surface area contributed by atoms with Crippen molar-refractivity contribution in [2.24, 2.45) is 0 Å². The fraction of sp³-hybridized carbons (Fsp3) is 0.364. The lowest BCUT2D eigenvalue weighted by Gasteiger charge is -2.35. The predicted octanol–water partition coefficient (Wildman–Crippen LogP) is 1.98. The van der Waals surface area contributed by atoms with E-state index in [0.717, 1.165) is 5.56 Å². The minimum absolute atomic E-state index is 0.104. The van der Waals surface area contributed by atoms with Gasteiger partial charge in [-0.15, -0.1) is 0 Å². The Bertz CT molecular complexity index is 485. The highest BCUT2D eigenvalue weighted by molar-refractivity contribution is 9.10. The van der Waals surface area contributed by atoms with Gasteiger partial charge in [-0.3, -0.25) is 9.78 Å². The number of hydrogen-bond acceptors (Lipinski definition) is 4. The minimum Gasteiger partial charge on any atom is -0.495 e. The van der Waals surface area contributed by atoms with E-state index in [9.17, 15) is 10.1 Å². The van der Waals surface area contributed by atoms with Gasteiger partial charge in [0, 0.05) is 29.1 Å². The maximum Gasteiger partial charge on any atom is 0.143 e. The number of ketones is 1. The van der Waals surface area contributed by atoms with Crippen LogP contribution < -0.4 is 4.74 Å². The number of nitrogens with zero attached hydrogens (tertiary/aromatic N) is 2. The Kier molecular flexibility index (Phi) is 2.68. The highest BCUT2D eigenvalue weighted by atomic mass is 79.9. The minimum atomic E-state index is -0.746. The predicted molar refractivity (Wildman–Crippen MR) is 60.0 cm³/mol. The fourth-order valence-electron chi connectivity index (χ4n) is 1.97. The van der Waals surface area contributed by atoms with Crippen molar-refractivity contribution in [3.05, 3.63) is 22.4 Å². The molecule has 0 saturated heterocycles. The molecule has 5 heteroatoms. The number of carbonyl (C=O) groups is 1. The summed E-state index contributed by atoms with van der Waals surface area (Å²) in [6, 6.07) is 2.22. The molecule has 1 aromatic rings. The molecule has 0 spiro atoms. The Morgan fingerprint density at radius 3 is 2.75 bits per heavy atom. The molecule has 16 heavy (non-hydrogen) atoms. The zero-order valence-corrected chi connectivity index (χ0v) is 10.2. The molecule has 1 saturated carbocycles.